The van der Waals surface area contributed by atoms with Crippen molar-refractivity contribution >= 4 is 29.1 Å². The summed E-state index contributed by atoms with van der Waals surface area (Å²) in [5.74, 6) is -0.361. The van der Waals surface area contributed by atoms with E-state index in [0.717, 1.165) is 24.1 Å². The molecule has 1 amide bonds. The van der Waals surface area contributed by atoms with Gasteiger partial charge in [-0.15, -0.1) is 0 Å². The number of allylic oxidation sites excluding steroid dienone is 4. The van der Waals surface area contributed by atoms with Crippen molar-refractivity contribution in [1.82, 2.24) is 10.2 Å². The summed E-state index contributed by atoms with van der Waals surface area (Å²) < 4.78 is 0. The molecule has 0 fully saturated rings. The molecule has 1 aromatic rings. The monoisotopic (exact) mass is 404 g/mol. The van der Waals surface area contributed by atoms with Gasteiger partial charge in [0.1, 0.15) is 5.75 Å². The van der Waals surface area contributed by atoms with Gasteiger partial charge < -0.3 is 15.3 Å². The van der Waals surface area contributed by atoms with Gasteiger partial charge in [0, 0.05) is 23.9 Å². The van der Waals surface area contributed by atoms with Crippen LogP contribution in [-0.4, -0.2) is 62.1 Å². The number of rotatable bonds is 7. The number of phenolic OH excluding ortho intramolecular Hbond substituents is 1. The van der Waals surface area contributed by atoms with Gasteiger partial charge >= 0.3 is 0 Å². The molecule has 0 saturated heterocycles. The summed E-state index contributed by atoms with van der Waals surface area (Å²) in [6.07, 6.45) is 6.23. The summed E-state index contributed by atoms with van der Waals surface area (Å²) >= 11 is 0. The molecule has 0 saturated carbocycles. The van der Waals surface area contributed by atoms with Gasteiger partial charge in [-0.2, -0.15) is 0 Å². The molecule has 154 valence electrons. The van der Waals surface area contributed by atoms with E-state index >= 15 is 0 Å². The summed E-state index contributed by atoms with van der Waals surface area (Å²) in [4.78, 5) is 35.6. The maximum atomic E-state index is 12.6. The van der Waals surface area contributed by atoms with Gasteiger partial charge in [-0.3, -0.25) is 14.6 Å². The first-order valence-electron chi connectivity index (χ1n) is 9.94. The fraction of sp³-hybridized carbons (Fsp3) is 0.304. The number of ketones is 1. The Morgan fingerprint density at radius 1 is 1.13 bits per heavy atom. The van der Waals surface area contributed by atoms with Crippen molar-refractivity contribution in [2.24, 2.45) is 9.98 Å². The van der Waals surface area contributed by atoms with E-state index in [0.29, 0.717) is 45.9 Å². The summed E-state index contributed by atoms with van der Waals surface area (Å²) in [6.45, 7) is 1.44. The predicted molar refractivity (Wildman–Crippen MR) is 116 cm³/mol. The van der Waals surface area contributed by atoms with E-state index in [9.17, 15) is 14.7 Å². The summed E-state index contributed by atoms with van der Waals surface area (Å²) in [5.41, 5.74) is 4.08. The lowest BCUT2D eigenvalue weighted by Gasteiger charge is -2.15. The van der Waals surface area contributed by atoms with Gasteiger partial charge in [0.25, 0.3) is 5.91 Å². The smallest absolute Gasteiger partial charge is 0.274 e. The average molecular weight is 404 g/mol. The Morgan fingerprint density at radius 2 is 1.93 bits per heavy atom. The van der Waals surface area contributed by atoms with Crippen molar-refractivity contribution in [1.29, 1.82) is 0 Å². The predicted octanol–water partition coefficient (Wildman–Crippen LogP) is 0.495. The molecule has 2 heterocycles. The zero-order chi connectivity index (χ0) is 21.4. The number of nitrogens with zero attached hydrogens (tertiary/aromatic N) is 3. The highest BCUT2D eigenvalue weighted by molar-refractivity contribution is 6.18. The molecule has 30 heavy (non-hydrogen) atoms. The van der Waals surface area contributed by atoms with Crippen LogP contribution in [0.25, 0.3) is 11.1 Å². The first-order chi connectivity index (χ1) is 14.4. The Morgan fingerprint density at radius 3 is 2.67 bits per heavy atom. The lowest BCUT2D eigenvalue weighted by atomic mass is 9.90. The van der Waals surface area contributed by atoms with Crippen LogP contribution in [0.3, 0.4) is 0 Å². The maximum absolute atomic E-state index is 12.6. The molecule has 1 aromatic carbocycles. The molecule has 0 spiro atoms. The van der Waals surface area contributed by atoms with Gasteiger partial charge in [0.05, 0.1) is 21.8 Å². The van der Waals surface area contributed by atoms with Crippen molar-refractivity contribution in [3.8, 4) is 5.75 Å². The molecular formula is C23H24N4O3. The van der Waals surface area contributed by atoms with Crippen LogP contribution < -0.4 is 15.9 Å². The molecule has 0 unspecified atom stereocenters. The van der Waals surface area contributed by atoms with Crippen LogP contribution in [0, 0.1) is 0 Å². The van der Waals surface area contributed by atoms with Crippen LogP contribution >= 0.6 is 0 Å². The van der Waals surface area contributed by atoms with Gasteiger partial charge in [-0.05, 0) is 76.0 Å². The summed E-state index contributed by atoms with van der Waals surface area (Å²) in [5, 5.41) is 14.7. The van der Waals surface area contributed by atoms with Crippen LogP contribution in [0.15, 0.2) is 51.1 Å². The van der Waals surface area contributed by atoms with Crippen molar-refractivity contribution < 1.29 is 14.7 Å². The number of amides is 1. The topological polar surface area (TPSA) is 94.4 Å². The summed E-state index contributed by atoms with van der Waals surface area (Å²) in [6, 6.07) is 3.41. The fourth-order valence-corrected chi connectivity index (χ4v) is 3.92. The van der Waals surface area contributed by atoms with Crippen LogP contribution in [0.2, 0.25) is 0 Å². The quantitative estimate of drug-likeness (QED) is 0.690. The zero-order valence-electron chi connectivity index (χ0n) is 17.3. The highest BCUT2D eigenvalue weighted by Gasteiger charge is 2.28. The number of phenols is 1. The molecule has 4 rings (SSSR count). The van der Waals surface area contributed by atoms with Crippen LogP contribution in [0.1, 0.15) is 18.4 Å². The molecule has 0 bridgehead atoms. The number of aromatic hydroxyl groups is 1. The van der Waals surface area contributed by atoms with Gasteiger partial charge in [0.15, 0.2) is 5.78 Å². The van der Waals surface area contributed by atoms with E-state index in [1.54, 1.807) is 24.4 Å². The standard InChI is InChI=1S/C23H24N4O3/c1-24-8-6-16-21-17(26-23(16)30)10-14(11-19(21)29)15-4-5-18(28)20-13(7-9-27(2)3)12-25-22(15)20/h4-5,10-12,24,29H,6-9H2,1-3H3. The molecule has 2 aliphatic heterocycles. The molecule has 2 N–H and O–H groups in total. The SMILES string of the molecule is CNCCC1=c2c(O)cc(C3=C4N=CC(CCN(C)C)=C4C(=O)C=C3)cc2=NC1=O. The van der Waals surface area contributed by atoms with Crippen molar-refractivity contribution in [2.75, 3.05) is 34.2 Å². The first-order valence-corrected chi connectivity index (χ1v) is 9.94. The lowest BCUT2D eigenvalue weighted by Crippen LogP contribution is -2.25. The molecule has 0 atom stereocenters. The number of benzene rings is 1. The van der Waals surface area contributed by atoms with E-state index in [2.05, 4.69) is 20.2 Å². The first kappa shape index (κ1) is 20.1. The minimum atomic E-state index is -0.315. The maximum Gasteiger partial charge on any atom is 0.274 e. The number of carbonyl (C=O) groups is 2. The molecule has 0 radical (unpaired) electrons. The summed E-state index contributed by atoms with van der Waals surface area (Å²) in [7, 11) is 5.79. The minimum absolute atomic E-state index is 0.0157. The molecule has 1 aliphatic carbocycles. The minimum Gasteiger partial charge on any atom is -0.507 e. The fourth-order valence-electron chi connectivity index (χ4n) is 3.92. The highest BCUT2D eigenvalue weighted by atomic mass is 16.3. The molecule has 3 aliphatic rings. The number of carbonyl (C=O) groups excluding carboxylic acids is 2. The van der Waals surface area contributed by atoms with Crippen molar-refractivity contribution in [2.45, 2.75) is 12.8 Å². The third-order valence-electron chi connectivity index (χ3n) is 5.45. The normalized spacial score (nSPS) is 17.4. The van der Waals surface area contributed by atoms with Gasteiger partial charge in [-0.1, -0.05) is 0 Å². The molecular weight excluding hydrogens is 380 g/mol. The van der Waals surface area contributed by atoms with E-state index in [4.69, 9.17) is 0 Å². The van der Waals surface area contributed by atoms with Crippen LogP contribution in [-0.2, 0) is 9.59 Å². The zero-order valence-corrected chi connectivity index (χ0v) is 17.3. The number of aliphatic imine (C=N–C) groups is 1. The van der Waals surface area contributed by atoms with Crippen LogP contribution in [0.4, 0.5) is 0 Å². The Bertz CT molecular complexity index is 1200. The molecule has 7 heteroatoms. The third-order valence-corrected chi connectivity index (χ3v) is 5.45. The van der Waals surface area contributed by atoms with Crippen molar-refractivity contribution in [3.63, 3.8) is 0 Å². The largest absolute Gasteiger partial charge is 0.507 e. The van der Waals surface area contributed by atoms with Crippen LogP contribution in [0.5, 0.6) is 5.75 Å². The van der Waals surface area contributed by atoms with Gasteiger partial charge in [-0.25, -0.2) is 4.99 Å². The van der Waals surface area contributed by atoms with Crippen molar-refractivity contribution in [3.05, 3.63) is 57.3 Å². The van der Waals surface area contributed by atoms with E-state index < -0.39 is 0 Å². The third kappa shape index (κ3) is 3.46. The number of hydrogen-bond donors (Lipinski definition) is 2. The Labute approximate surface area is 174 Å². The second-order valence-corrected chi connectivity index (χ2v) is 7.81. The second kappa shape index (κ2) is 7.93. The number of nitrogens with one attached hydrogen (secondary N) is 1. The second-order valence-electron chi connectivity index (χ2n) is 7.81. The Hall–Kier alpha value is -3.16. The number of fused-ring (bicyclic) bond motifs is 2. The number of hydrogen-bond acceptors (Lipinski definition) is 6. The Kier molecular flexibility index (Phi) is 5.32. The highest BCUT2D eigenvalue weighted by Crippen LogP contribution is 2.36. The Balaban J connectivity index is 1.81. The van der Waals surface area contributed by atoms with E-state index in [1.807, 2.05) is 21.1 Å². The molecule has 0 aromatic heterocycles. The molecule has 7 nitrogen and oxygen atoms in total. The lowest BCUT2D eigenvalue weighted by molar-refractivity contribution is -0.113. The van der Waals surface area contributed by atoms with E-state index in [1.165, 1.54) is 6.08 Å². The van der Waals surface area contributed by atoms with E-state index in [-0.39, 0.29) is 17.4 Å². The average Bonchev–Trinajstić information content (AvgIpc) is 3.26. The van der Waals surface area contributed by atoms with Gasteiger partial charge in [0.2, 0.25) is 0 Å².